The first-order valence-electron chi connectivity index (χ1n) is 11.4. The molecule has 0 aliphatic rings. The van der Waals surface area contributed by atoms with Gasteiger partial charge >= 0.3 is 0 Å². The summed E-state index contributed by atoms with van der Waals surface area (Å²) < 4.78 is 19.2. The van der Waals surface area contributed by atoms with Gasteiger partial charge in [0.1, 0.15) is 0 Å². The standard InChI is InChI=1S/C26H35N3O4/c1-6-32-18-22(30)16-28(19(2)3)17-23-20(4)27-29(21-12-8-7-9-13-21)26(23)33-25-15-11-10-14-24(25)31-5/h7-15,19,22,30H,6,16-18H2,1-5H3/t22-/m0/s1. The molecule has 0 amide bonds. The number of methoxy groups -OCH3 is 1. The summed E-state index contributed by atoms with van der Waals surface area (Å²) in [5.74, 6) is 1.90. The lowest BCUT2D eigenvalue weighted by molar-refractivity contribution is 0.0131. The van der Waals surface area contributed by atoms with Gasteiger partial charge in [-0.15, -0.1) is 0 Å². The fraction of sp³-hybridized carbons (Fsp3) is 0.423. The van der Waals surface area contributed by atoms with Crippen LogP contribution in [0.3, 0.4) is 0 Å². The average Bonchev–Trinajstić information content (AvgIpc) is 3.13. The van der Waals surface area contributed by atoms with Crippen LogP contribution in [0.15, 0.2) is 54.6 Å². The molecule has 178 valence electrons. The number of nitrogens with zero attached hydrogens (tertiary/aromatic N) is 3. The molecule has 1 N–H and O–H groups in total. The molecule has 0 radical (unpaired) electrons. The molecule has 3 aromatic rings. The second-order valence-electron chi connectivity index (χ2n) is 8.21. The van der Waals surface area contributed by atoms with Crippen molar-refractivity contribution >= 4 is 0 Å². The Balaban J connectivity index is 2.00. The molecule has 33 heavy (non-hydrogen) atoms. The number of hydrogen-bond acceptors (Lipinski definition) is 6. The maximum atomic E-state index is 10.5. The van der Waals surface area contributed by atoms with E-state index in [2.05, 4.69) is 18.7 Å². The number of aryl methyl sites for hydroxylation is 1. The molecule has 0 aliphatic heterocycles. The van der Waals surface area contributed by atoms with Crippen LogP contribution < -0.4 is 9.47 Å². The zero-order valence-electron chi connectivity index (χ0n) is 20.2. The Morgan fingerprint density at radius 3 is 2.33 bits per heavy atom. The molecule has 7 nitrogen and oxygen atoms in total. The van der Waals surface area contributed by atoms with Crippen LogP contribution in [0.1, 0.15) is 32.0 Å². The van der Waals surface area contributed by atoms with Gasteiger partial charge in [0.15, 0.2) is 11.5 Å². The SMILES string of the molecule is CCOC[C@@H](O)CN(Cc1c(C)nn(-c2ccccc2)c1Oc1ccccc1OC)C(C)C. The van der Waals surface area contributed by atoms with Gasteiger partial charge in [-0.3, -0.25) is 4.90 Å². The van der Waals surface area contributed by atoms with Crippen molar-refractivity contribution in [2.75, 3.05) is 26.9 Å². The number of aromatic nitrogens is 2. The summed E-state index contributed by atoms with van der Waals surface area (Å²) in [5, 5.41) is 15.3. The van der Waals surface area contributed by atoms with E-state index in [1.54, 1.807) is 7.11 Å². The Hall–Kier alpha value is -2.87. The quantitative estimate of drug-likeness (QED) is 0.433. The number of aliphatic hydroxyl groups is 1. The Morgan fingerprint density at radius 2 is 1.70 bits per heavy atom. The topological polar surface area (TPSA) is 69.0 Å². The van der Waals surface area contributed by atoms with Gasteiger partial charge in [0.2, 0.25) is 5.88 Å². The zero-order chi connectivity index (χ0) is 23.8. The first kappa shape index (κ1) is 24.8. The van der Waals surface area contributed by atoms with Crippen molar-refractivity contribution in [1.29, 1.82) is 0 Å². The van der Waals surface area contributed by atoms with Gasteiger partial charge in [-0.05, 0) is 52.0 Å². The van der Waals surface area contributed by atoms with E-state index in [1.807, 2.05) is 73.1 Å². The van der Waals surface area contributed by atoms with Gasteiger partial charge in [0.05, 0.1) is 36.8 Å². The largest absolute Gasteiger partial charge is 0.493 e. The minimum atomic E-state index is -0.574. The second-order valence-corrected chi connectivity index (χ2v) is 8.21. The number of rotatable bonds is 12. The van der Waals surface area contributed by atoms with Crippen molar-refractivity contribution < 1.29 is 19.3 Å². The third-order valence-corrected chi connectivity index (χ3v) is 5.46. The van der Waals surface area contributed by atoms with E-state index in [4.69, 9.17) is 19.3 Å². The predicted molar refractivity (Wildman–Crippen MR) is 129 cm³/mol. The summed E-state index contributed by atoms with van der Waals surface area (Å²) in [6.45, 7) is 10.1. The fourth-order valence-corrected chi connectivity index (χ4v) is 3.62. The van der Waals surface area contributed by atoms with Crippen LogP contribution in [-0.2, 0) is 11.3 Å². The Kier molecular flexibility index (Phi) is 8.88. The molecule has 2 aromatic carbocycles. The monoisotopic (exact) mass is 453 g/mol. The molecule has 0 aliphatic carbocycles. The maximum Gasteiger partial charge on any atom is 0.227 e. The predicted octanol–water partition coefficient (Wildman–Crippen LogP) is 4.59. The number of ether oxygens (including phenoxy) is 3. The molecular weight excluding hydrogens is 418 g/mol. The number of benzene rings is 2. The summed E-state index contributed by atoms with van der Waals surface area (Å²) in [4.78, 5) is 2.21. The molecule has 0 saturated carbocycles. The molecule has 1 atom stereocenters. The summed E-state index contributed by atoms with van der Waals surface area (Å²) >= 11 is 0. The highest BCUT2D eigenvalue weighted by Gasteiger charge is 2.24. The van der Waals surface area contributed by atoms with Crippen LogP contribution >= 0.6 is 0 Å². The van der Waals surface area contributed by atoms with Gasteiger partial charge in [0.25, 0.3) is 0 Å². The molecule has 0 saturated heterocycles. The minimum Gasteiger partial charge on any atom is -0.493 e. The Labute approximate surface area is 196 Å². The van der Waals surface area contributed by atoms with Crippen molar-refractivity contribution in [2.45, 2.75) is 46.4 Å². The van der Waals surface area contributed by atoms with Gasteiger partial charge in [-0.2, -0.15) is 5.10 Å². The molecule has 3 rings (SSSR count). The third-order valence-electron chi connectivity index (χ3n) is 5.46. The Morgan fingerprint density at radius 1 is 1.03 bits per heavy atom. The summed E-state index contributed by atoms with van der Waals surface area (Å²) in [5.41, 5.74) is 2.74. The number of para-hydroxylation sites is 3. The van der Waals surface area contributed by atoms with E-state index < -0.39 is 6.10 Å². The lowest BCUT2D eigenvalue weighted by Gasteiger charge is -2.29. The molecule has 7 heteroatoms. The normalized spacial score (nSPS) is 12.4. The number of hydrogen-bond donors (Lipinski definition) is 1. The lowest BCUT2D eigenvalue weighted by atomic mass is 10.2. The van der Waals surface area contributed by atoms with E-state index >= 15 is 0 Å². The lowest BCUT2D eigenvalue weighted by Crippen LogP contribution is -2.39. The van der Waals surface area contributed by atoms with Crippen molar-refractivity contribution in [1.82, 2.24) is 14.7 Å². The summed E-state index contributed by atoms with van der Waals surface area (Å²) in [6, 6.07) is 17.7. The highest BCUT2D eigenvalue weighted by molar-refractivity contribution is 5.47. The number of aliphatic hydroxyl groups excluding tert-OH is 1. The highest BCUT2D eigenvalue weighted by Crippen LogP contribution is 2.36. The maximum absolute atomic E-state index is 10.5. The van der Waals surface area contributed by atoms with Crippen molar-refractivity contribution in [3.8, 4) is 23.1 Å². The fourth-order valence-electron chi connectivity index (χ4n) is 3.62. The molecule has 1 aromatic heterocycles. The summed E-state index contributed by atoms with van der Waals surface area (Å²) in [7, 11) is 1.63. The second kappa shape index (κ2) is 11.8. The molecule has 1 heterocycles. The summed E-state index contributed by atoms with van der Waals surface area (Å²) in [6.07, 6.45) is -0.574. The third kappa shape index (κ3) is 6.35. The van der Waals surface area contributed by atoms with Crippen LogP contribution in [0, 0.1) is 6.92 Å². The van der Waals surface area contributed by atoms with E-state index in [9.17, 15) is 5.11 Å². The van der Waals surface area contributed by atoms with Crippen LogP contribution in [0.5, 0.6) is 17.4 Å². The van der Waals surface area contributed by atoms with E-state index in [-0.39, 0.29) is 6.04 Å². The first-order chi connectivity index (χ1) is 15.9. The molecule has 0 unspecified atom stereocenters. The minimum absolute atomic E-state index is 0.208. The van der Waals surface area contributed by atoms with Crippen molar-refractivity contribution in [3.05, 3.63) is 65.9 Å². The van der Waals surface area contributed by atoms with Crippen LogP contribution in [0.25, 0.3) is 5.69 Å². The van der Waals surface area contributed by atoms with Crippen molar-refractivity contribution in [2.24, 2.45) is 0 Å². The van der Waals surface area contributed by atoms with Gasteiger partial charge in [-0.25, -0.2) is 4.68 Å². The van der Waals surface area contributed by atoms with Gasteiger partial charge < -0.3 is 19.3 Å². The zero-order valence-corrected chi connectivity index (χ0v) is 20.2. The molecule has 0 bridgehead atoms. The van der Waals surface area contributed by atoms with E-state index in [0.717, 1.165) is 16.9 Å². The van der Waals surface area contributed by atoms with Gasteiger partial charge in [-0.1, -0.05) is 30.3 Å². The molecular formula is C26H35N3O4. The van der Waals surface area contributed by atoms with E-state index in [0.29, 0.717) is 43.7 Å². The first-order valence-corrected chi connectivity index (χ1v) is 11.4. The Bertz CT molecular complexity index is 1000. The van der Waals surface area contributed by atoms with Crippen LogP contribution in [0.4, 0.5) is 0 Å². The smallest absolute Gasteiger partial charge is 0.227 e. The molecule has 0 fully saturated rings. The highest BCUT2D eigenvalue weighted by atomic mass is 16.5. The molecule has 0 spiro atoms. The van der Waals surface area contributed by atoms with Crippen LogP contribution in [0.2, 0.25) is 0 Å². The van der Waals surface area contributed by atoms with Crippen molar-refractivity contribution in [3.63, 3.8) is 0 Å². The van der Waals surface area contributed by atoms with Gasteiger partial charge in [0, 0.05) is 25.7 Å². The average molecular weight is 454 g/mol. The van der Waals surface area contributed by atoms with Crippen LogP contribution in [-0.4, -0.2) is 58.8 Å². The van der Waals surface area contributed by atoms with E-state index in [1.165, 1.54) is 0 Å².